The number of ether oxygens (including phenoxy) is 1. The van der Waals surface area contributed by atoms with Crippen molar-refractivity contribution in [1.29, 1.82) is 5.26 Å². The largest absolute Gasteiger partial charge is 0.495 e. The standard InChI is InChI=1S/C20H19N3O3/c1-13-4-9-19(26-3)18(10-13)23-20(25)16(11-21)12-22-17-7-5-15(6-8-17)14(2)24/h4-10,12,22H,1-3H3,(H,23,25)/b16-12-. The normalized spacial score (nSPS) is 10.6. The first-order valence-electron chi connectivity index (χ1n) is 7.88. The number of aryl methyl sites for hydroxylation is 1. The van der Waals surface area contributed by atoms with Gasteiger partial charge in [-0.05, 0) is 55.8 Å². The van der Waals surface area contributed by atoms with E-state index in [0.717, 1.165) is 5.56 Å². The van der Waals surface area contributed by atoms with E-state index < -0.39 is 5.91 Å². The van der Waals surface area contributed by atoms with Crippen LogP contribution in [0.3, 0.4) is 0 Å². The number of nitrogens with one attached hydrogen (secondary N) is 2. The molecule has 132 valence electrons. The highest BCUT2D eigenvalue weighted by Gasteiger charge is 2.12. The van der Waals surface area contributed by atoms with Gasteiger partial charge in [0, 0.05) is 17.5 Å². The van der Waals surface area contributed by atoms with E-state index in [1.165, 1.54) is 20.2 Å². The van der Waals surface area contributed by atoms with Crippen LogP contribution >= 0.6 is 0 Å². The molecular formula is C20H19N3O3. The van der Waals surface area contributed by atoms with Gasteiger partial charge in [-0.25, -0.2) is 0 Å². The van der Waals surface area contributed by atoms with Crippen molar-refractivity contribution in [2.75, 3.05) is 17.7 Å². The topological polar surface area (TPSA) is 91.2 Å². The van der Waals surface area contributed by atoms with E-state index in [9.17, 15) is 14.9 Å². The molecule has 0 unspecified atom stereocenters. The molecule has 6 nitrogen and oxygen atoms in total. The molecule has 2 aromatic carbocycles. The molecule has 0 bridgehead atoms. The van der Waals surface area contributed by atoms with Crippen molar-refractivity contribution in [3.8, 4) is 11.8 Å². The van der Waals surface area contributed by atoms with Crippen molar-refractivity contribution in [2.45, 2.75) is 13.8 Å². The number of carbonyl (C=O) groups excluding carboxylic acids is 2. The van der Waals surface area contributed by atoms with Crippen LogP contribution in [0.5, 0.6) is 5.75 Å². The summed E-state index contributed by atoms with van der Waals surface area (Å²) in [5, 5.41) is 14.8. The van der Waals surface area contributed by atoms with Crippen LogP contribution in [0.2, 0.25) is 0 Å². The third-order valence-electron chi connectivity index (χ3n) is 3.64. The van der Waals surface area contributed by atoms with Gasteiger partial charge in [0.05, 0.1) is 12.8 Å². The molecule has 0 radical (unpaired) electrons. The molecule has 2 N–H and O–H groups in total. The molecule has 0 aliphatic heterocycles. The molecule has 26 heavy (non-hydrogen) atoms. The number of Topliss-reactive ketones (excluding diaryl/α,β-unsaturated/α-hetero) is 1. The predicted octanol–water partition coefficient (Wildman–Crippen LogP) is 3.66. The second kappa shape index (κ2) is 8.49. The van der Waals surface area contributed by atoms with E-state index in [0.29, 0.717) is 22.7 Å². The van der Waals surface area contributed by atoms with Gasteiger partial charge < -0.3 is 15.4 Å². The second-order valence-electron chi connectivity index (χ2n) is 5.61. The van der Waals surface area contributed by atoms with Crippen molar-refractivity contribution in [3.63, 3.8) is 0 Å². The second-order valence-corrected chi connectivity index (χ2v) is 5.61. The Hall–Kier alpha value is -3.59. The lowest BCUT2D eigenvalue weighted by Crippen LogP contribution is -2.15. The maximum atomic E-state index is 12.3. The zero-order chi connectivity index (χ0) is 19.1. The number of benzene rings is 2. The van der Waals surface area contributed by atoms with Crippen molar-refractivity contribution in [1.82, 2.24) is 0 Å². The Kier molecular flexibility index (Phi) is 6.12. The zero-order valence-electron chi connectivity index (χ0n) is 14.8. The number of nitriles is 1. The van der Waals surface area contributed by atoms with Crippen LogP contribution in [-0.4, -0.2) is 18.8 Å². The summed E-state index contributed by atoms with van der Waals surface area (Å²) >= 11 is 0. The first kappa shape index (κ1) is 18.7. The Bertz CT molecular complexity index is 894. The number of amides is 1. The van der Waals surface area contributed by atoms with Crippen molar-refractivity contribution in [3.05, 3.63) is 65.4 Å². The number of methoxy groups -OCH3 is 1. The van der Waals surface area contributed by atoms with Gasteiger partial charge in [-0.3, -0.25) is 9.59 Å². The molecule has 0 atom stereocenters. The lowest BCUT2D eigenvalue weighted by atomic mass is 10.1. The lowest BCUT2D eigenvalue weighted by Gasteiger charge is -2.10. The molecule has 0 aromatic heterocycles. The molecule has 2 aromatic rings. The summed E-state index contributed by atoms with van der Waals surface area (Å²) in [6.45, 7) is 3.38. The summed E-state index contributed by atoms with van der Waals surface area (Å²) in [4.78, 5) is 23.6. The van der Waals surface area contributed by atoms with Gasteiger partial charge in [0.1, 0.15) is 17.4 Å². The Labute approximate surface area is 152 Å². The Morgan fingerprint density at radius 2 is 1.85 bits per heavy atom. The van der Waals surface area contributed by atoms with Gasteiger partial charge in [0.15, 0.2) is 5.78 Å². The van der Waals surface area contributed by atoms with E-state index in [2.05, 4.69) is 10.6 Å². The van der Waals surface area contributed by atoms with Crippen molar-refractivity contribution in [2.24, 2.45) is 0 Å². The molecule has 0 saturated heterocycles. The molecular weight excluding hydrogens is 330 g/mol. The fourth-order valence-corrected chi connectivity index (χ4v) is 2.21. The first-order chi connectivity index (χ1) is 12.4. The Morgan fingerprint density at radius 3 is 2.42 bits per heavy atom. The van der Waals surface area contributed by atoms with Crippen LogP contribution < -0.4 is 15.4 Å². The molecule has 0 heterocycles. The lowest BCUT2D eigenvalue weighted by molar-refractivity contribution is -0.112. The average molecular weight is 349 g/mol. The van der Waals surface area contributed by atoms with E-state index in [1.54, 1.807) is 36.4 Å². The van der Waals surface area contributed by atoms with E-state index in [4.69, 9.17) is 4.74 Å². The molecule has 0 fully saturated rings. The van der Waals surface area contributed by atoms with Gasteiger partial charge >= 0.3 is 0 Å². The minimum atomic E-state index is -0.552. The minimum Gasteiger partial charge on any atom is -0.495 e. The SMILES string of the molecule is COc1ccc(C)cc1NC(=O)/C(C#N)=C\Nc1ccc(C(C)=O)cc1. The van der Waals surface area contributed by atoms with Crippen LogP contribution in [-0.2, 0) is 4.79 Å². The highest BCUT2D eigenvalue weighted by molar-refractivity contribution is 6.07. The molecule has 6 heteroatoms. The van der Waals surface area contributed by atoms with Crippen LogP contribution in [0, 0.1) is 18.3 Å². The van der Waals surface area contributed by atoms with E-state index in [-0.39, 0.29) is 11.4 Å². The van der Waals surface area contributed by atoms with Crippen molar-refractivity contribution >= 4 is 23.1 Å². The average Bonchev–Trinajstić information content (AvgIpc) is 2.63. The van der Waals surface area contributed by atoms with Gasteiger partial charge in [-0.2, -0.15) is 5.26 Å². The third-order valence-corrected chi connectivity index (χ3v) is 3.64. The number of rotatable bonds is 6. The molecule has 0 spiro atoms. The van der Waals surface area contributed by atoms with Gasteiger partial charge in [-0.15, -0.1) is 0 Å². The molecule has 0 saturated carbocycles. The summed E-state index contributed by atoms with van der Waals surface area (Å²) in [6, 6.07) is 14.0. The smallest absolute Gasteiger partial charge is 0.267 e. The number of hydrogen-bond donors (Lipinski definition) is 2. The molecule has 0 aliphatic rings. The number of nitrogens with zero attached hydrogens (tertiary/aromatic N) is 1. The van der Waals surface area contributed by atoms with Crippen molar-refractivity contribution < 1.29 is 14.3 Å². The van der Waals surface area contributed by atoms with Gasteiger partial charge in [-0.1, -0.05) is 6.07 Å². The quantitative estimate of drug-likeness (QED) is 0.472. The molecule has 0 aliphatic carbocycles. The Morgan fingerprint density at radius 1 is 1.15 bits per heavy atom. The summed E-state index contributed by atoms with van der Waals surface area (Å²) < 4.78 is 5.21. The van der Waals surface area contributed by atoms with Gasteiger partial charge in [0.25, 0.3) is 5.91 Å². The number of carbonyl (C=O) groups is 2. The summed E-state index contributed by atoms with van der Waals surface area (Å²) in [7, 11) is 1.51. The maximum absolute atomic E-state index is 12.3. The zero-order valence-corrected chi connectivity index (χ0v) is 14.8. The fraction of sp³-hybridized carbons (Fsp3) is 0.150. The highest BCUT2D eigenvalue weighted by atomic mass is 16.5. The third kappa shape index (κ3) is 4.71. The first-order valence-corrected chi connectivity index (χ1v) is 7.88. The Balaban J connectivity index is 2.13. The monoisotopic (exact) mass is 349 g/mol. The number of ketones is 1. The number of hydrogen-bond acceptors (Lipinski definition) is 5. The van der Waals surface area contributed by atoms with Gasteiger partial charge in [0.2, 0.25) is 0 Å². The molecule has 1 amide bonds. The summed E-state index contributed by atoms with van der Waals surface area (Å²) in [5.74, 6) is -0.0745. The fourth-order valence-electron chi connectivity index (χ4n) is 2.21. The van der Waals surface area contributed by atoms with Crippen LogP contribution in [0.4, 0.5) is 11.4 Å². The van der Waals surface area contributed by atoms with Crippen LogP contribution in [0.1, 0.15) is 22.8 Å². The highest BCUT2D eigenvalue weighted by Crippen LogP contribution is 2.25. The number of anilines is 2. The van der Waals surface area contributed by atoms with Crippen LogP contribution in [0.15, 0.2) is 54.2 Å². The minimum absolute atomic E-state index is 0.0312. The molecule has 2 rings (SSSR count). The summed E-state index contributed by atoms with van der Waals surface area (Å²) in [6.07, 6.45) is 1.32. The summed E-state index contributed by atoms with van der Waals surface area (Å²) in [5.41, 5.74) is 2.59. The predicted molar refractivity (Wildman–Crippen MR) is 100 cm³/mol. The van der Waals surface area contributed by atoms with Crippen LogP contribution in [0.25, 0.3) is 0 Å². The maximum Gasteiger partial charge on any atom is 0.267 e. The van der Waals surface area contributed by atoms with E-state index in [1.807, 2.05) is 19.1 Å². The van der Waals surface area contributed by atoms with E-state index >= 15 is 0 Å².